The Labute approximate surface area is 101 Å². The molecule has 0 amide bonds. The highest BCUT2D eigenvalue weighted by Crippen LogP contribution is 2.38. The minimum atomic E-state index is 0.748. The molecule has 2 atom stereocenters. The van der Waals surface area contributed by atoms with Crippen molar-refractivity contribution >= 4 is 15.9 Å². The Bertz CT molecular complexity index is 319. The normalized spacial score (nSPS) is 25.7. The van der Waals surface area contributed by atoms with Gasteiger partial charge in [0.25, 0.3) is 0 Å². The molecule has 1 fully saturated rings. The van der Waals surface area contributed by atoms with Crippen molar-refractivity contribution in [2.75, 3.05) is 0 Å². The molecule has 0 N–H and O–H groups in total. The van der Waals surface area contributed by atoms with Crippen molar-refractivity contribution in [3.63, 3.8) is 0 Å². The van der Waals surface area contributed by atoms with Crippen LogP contribution in [-0.4, -0.2) is 4.83 Å². The number of hydrogen-bond donors (Lipinski definition) is 0. The van der Waals surface area contributed by atoms with Gasteiger partial charge >= 0.3 is 0 Å². The van der Waals surface area contributed by atoms with Crippen LogP contribution in [0.3, 0.4) is 0 Å². The summed E-state index contributed by atoms with van der Waals surface area (Å²) in [7, 11) is 0. The summed E-state index contributed by atoms with van der Waals surface area (Å²) in [4.78, 5) is 0.748. The van der Waals surface area contributed by atoms with Crippen molar-refractivity contribution in [3.05, 3.63) is 35.4 Å². The van der Waals surface area contributed by atoms with Gasteiger partial charge < -0.3 is 0 Å². The molecular weight excluding hydrogens is 248 g/mol. The Morgan fingerprint density at radius 1 is 1.33 bits per heavy atom. The first-order valence-electron chi connectivity index (χ1n) is 6.02. The van der Waals surface area contributed by atoms with Gasteiger partial charge in [0.05, 0.1) is 0 Å². The van der Waals surface area contributed by atoms with Crippen LogP contribution in [0.25, 0.3) is 0 Å². The number of aryl methyl sites for hydroxylation is 1. The van der Waals surface area contributed by atoms with Crippen LogP contribution in [0.15, 0.2) is 24.3 Å². The van der Waals surface area contributed by atoms with Gasteiger partial charge in [-0.15, -0.1) is 0 Å². The average molecular weight is 267 g/mol. The molecule has 15 heavy (non-hydrogen) atoms. The number of rotatable bonds is 3. The van der Waals surface area contributed by atoms with Gasteiger partial charge in [-0.1, -0.05) is 53.5 Å². The second-order valence-corrected chi connectivity index (χ2v) is 5.90. The molecule has 1 aromatic rings. The van der Waals surface area contributed by atoms with Gasteiger partial charge in [-0.3, -0.25) is 0 Å². The zero-order valence-electron chi connectivity index (χ0n) is 9.38. The van der Waals surface area contributed by atoms with E-state index < -0.39 is 0 Å². The second-order valence-electron chi connectivity index (χ2n) is 4.60. The third-order valence-corrected chi connectivity index (χ3v) is 4.16. The van der Waals surface area contributed by atoms with Gasteiger partial charge in [0.15, 0.2) is 0 Å². The summed E-state index contributed by atoms with van der Waals surface area (Å²) < 4.78 is 0. The predicted octanol–water partition coefficient (Wildman–Crippen LogP) is 4.67. The standard InChI is InChI=1S/C14H19Br/c1-2-4-11-5-3-6-12(9-11)13-7-8-14(15)10-13/h3,5-6,9,13-14H,2,4,7-8,10H2,1H3. The minimum Gasteiger partial charge on any atom is -0.0890 e. The molecule has 1 saturated carbocycles. The summed E-state index contributed by atoms with van der Waals surface area (Å²) in [6, 6.07) is 9.20. The molecule has 0 spiro atoms. The van der Waals surface area contributed by atoms with E-state index in [4.69, 9.17) is 0 Å². The maximum absolute atomic E-state index is 3.73. The molecule has 2 rings (SSSR count). The molecule has 1 aliphatic carbocycles. The molecule has 0 nitrogen and oxygen atoms in total. The lowest BCUT2D eigenvalue weighted by molar-refractivity contribution is 0.723. The zero-order chi connectivity index (χ0) is 10.7. The average Bonchev–Trinajstić information content (AvgIpc) is 2.66. The number of hydrogen-bond acceptors (Lipinski definition) is 0. The zero-order valence-corrected chi connectivity index (χ0v) is 11.0. The van der Waals surface area contributed by atoms with Crippen molar-refractivity contribution in [1.29, 1.82) is 0 Å². The summed E-state index contributed by atoms with van der Waals surface area (Å²) in [6.07, 6.45) is 6.47. The first-order valence-corrected chi connectivity index (χ1v) is 6.94. The van der Waals surface area contributed by atoms with E-state index in [1.54, 1.807) is 5.56 Å². The highest BCUT2D eigenvalue weighted by Gasteiger charge is 2.23. The van der Waals surface area contributed by atoms with Gasteiger partial charge in [0.1, 0.15) is 0 Å². The van der Waals surface area contributed by atoms with E-state index in [-0.39, 0.29) is 0 Å². The Kier molecular flexibility index (Phi) is 3.85. The Morgan fingerprint density at radius 3 is 2.87 bits per heavy atom. The smallest absolute Gasteiger partial charge is 0.0151 e. The summed E-state index contributed by atoms with van der Waals surface area (Å²) in [5, 5.41) is 0. The number of halogens is 1. The van der Waals surface area contributed by atoms with Crippen LogP contribution < -0.4 is 0 Å². The fraction of sp³-hybridized carbons (Fsp3) is 0.571. The lowest BCUT2D eigenvalue weighted by Crippen LogP contribution is -1.95. The quantitative estimate of drug-likeness (QED) is 0.698. The Morgan fingerprint density at radius 2 is 2.20 bits per heavy atom. The molecule has 0 aliphatic heterocycles. The van der Waals surface area contributed by atoms with Crippen molar-refractivity contribution in [1.82, 2.24) is 0 Å². The second kappa shape index (κ2) is 5.16. The lowest BCUT2D eigenvalue weighted by atomic mass is 9.95. The lowest BCUT2D eigenvalue weighted by Gasteiger charge is -2.11. The molecule has 0 aromatic heterocycles. The van der Waals surface area contributed by atoms with Crippen LogP contribution >= 0.6 is 15.9 Å². The first kappa shape index (κ1) is 11.2. The van der Waals surface area contributed by atoms with Gasteiger partial charge in [-0.2, -0.15) is 0 Å². The molecule has 1 aromatic carbocycles. The maximum atomic E-state index is 3.73. The highest BCUT2D eigenvalue weighted by atomic mass is 79.9. The van der Waals surface area contributed by atoms with E-state index in [1.165, 1.54) is 37.7 Å². The first-order chi connectivity index (χ1) is 7.29. The molecule has 0 radical (unpaired) electrons. The van der Waals surface area contributed by atoms with Crippen molar-refractivity contribution < 1.29 is 0 Å². The molecule has 1 heteroatoms. The monoisotopic (exact) mass is 266 g/mol. The molecular formula is C14H19Br. The molecule has 1 aliphatic rings. The third kappa shape index (κ3) is 2.84. The van der Waals surface area contributed by atoms with Gasteiger partial charge in [0.2, 0.25) is 0 Å². The SMILES string of the molecule is CCCc1cccc(C2CCC(Br)C2)c1. The molecule has 82 valence electrons. The van der Waals surface area contributed by atoms with E-state index in [0.29, 0.717) is 0 Å². The summed E-state index contributed by atoms with van der Waals surface area (Å²) in [5.41, 5.74) is 3.07. The number of alkyl halides is 1. The van der Waals surface area contributed by atoms with Crippen molar-refractivity contribution in [3.8, 4) is 0 Å². The van der Waals surface area contributed by atoms with Crippen LogP contribution in [-0.2, 0) is 6.42 Å². The van der Waals surface area contributed by atoms with Crippen LogP contribution in [0.5, 0.6) is 0 Å². The summed E-state index contributed by atoms with van der Waals surface area (Å²) in [5.74, 6) is 0.797. The molecule has 0 bridgehead atoms. The van der Waals surface area contributed by atoms with Crippen LogP contribution in [0, 0.1) is 0 Å². The van der Waals surface area contributed by atoms with Gasteiger partial charge in [0, 0.05) is 4.83 Å². The molecule has 0 heterocycles. The largest absolute Gasteiger partial charge is 0.0890 e. The summed E-state index contributed by atoms with van der Waals surface area (Å²) >= 11 is 3.73. The summed E-state index contributed by atoms with van der Waals surface area (Å²) in [6.45, 7) is 2.25. The fourth-order valence-corrected chi connectivity index (χ4v) is 3.24. The van der Waals surface area contributed by atoms with Gasteiger partial charge in [-0.25, -0.2) is 0 Å². The maximum Gasteiger partial charge on any atom is 0.0151 e. The third-order valence-electron chi connectivity index (χ3n) is 3.33. The molecule has 0 saturated heterocycles. The van der Waals surface area contributed by atoms with E-state index in [9.17, 15) is 0 Å². The van der Waals surface area contributed by atoms with Crippen molar-refractivity contribution in [2.45, 2.75) is 49.8 Å². The predicted molar refractivity (Wildman–Crippen MR) is 69.7 cm³/mol. The number of benzene rings is 1. The van der Waals surface area contributed by atoms with Crippen LogP contribution in [0.1, 0.15) is 49.7 Å². The van der Waals surface area contributed by atoms with E-state index in [2.05, 4.69) is 47.1 Å². The molecule has 2 unspecified atom stereocenters. The fourth-order valence-electron chi connectivity index (χ4n) is 2.52. The van der Waals surface area contributed by atoms with E-state index in [0.717, 1.165) is 10.7 Å². The van der Waals surface area contributed by atoms with E-state index >= 15 is 0 Å². The van der Waals surface area contributed by atoms with Gasteiger partial charge in [-0.05, 0) is 42.7 Å². The van der Waals surface area contributed by atoms with E-state index in [1.807, 2.05) is 0 Å². The topological polar surface area (TPSA) is 0 Å². The highest BCUT2D eigenvalue weighted by molar-refractivity contribution is 9.09. The van der Waals surface area contributed by atoms with Crippen LogP contribution in [0.2, 0.25) is 0 Å². The Balaban J connectivity index is 2.10. The van der Waals surface area contributed by atoms with Crippen molar-refractivity contribution in [2.24, 2.45) is 0 Å². The minimum absolute atomic E-state index is 0.748. The Hall–Kier alpha value is -0.300. The van der Waals surface area contributed by atoms with Crippen LogP contribution in [0.4, 0.5) is 0 Å².